The fourth-order valence-electron chi connectivity index (χ4n) is 1.42. The van der Waals surface area contributed by atoms with E-state index in [0.717, 1.165) is 6.54 Å². The maximum Gasteiger partial charge on any atom is 0.0607 e. The molecule has 0 aliphatic carbocycles. The van der Waals surface area contributed by atoms with Crippen LogP contribution in [0, 0.1) is 0 Å². The summed E-state index contributed by atoms with van der Waals surface area (Å²) in [6.45, 7) is 11.8. The molecule has 0 radical (unpaired) electrons. The molecule has 0 saturated carbocycles. The minimum Gasteiger partial charge on any atom is -0.394 e. The van der Waals surface area contributed by atoms with Crippen molar-refractivity contribution in [1.29, 1.82) is 0 Å². The average molecular weight is 227 g/mol. The third-order valence-electron chi connectivity index (χ3n) is 3.08. The maximum atomic E-state index is 9.06. The van der Waals surface area contributed by atoms with E-state index in [9.17, 15) is 0 Å². The number of allylic oxidation sites excluding steroid dienone is 2. The second kappa shape index (κ2) is 7.86. The van der Waals surface area contributed by atoms with Crippen molar-refractivity contribution in [3.05, 3.63) is 11.1 Å². The SMILES string of the molecule is CC(C)=C(C)CCCCCNC(C)(C)CO. The summed E-state index contributed by atoms with van der Waals surface area (Å²) in [6.07, 6.45) is 4.96. The maximum absolute atomic E-state index is 9.06. The monoisotopic (exact) mass is 227 g/mol. The molecule has 0 aliphatic rings. The van der Waals surface area contributed by atoms with Crippen LogP contribution in [0.2, 0.25) is 0 Å². The molecule has 0 amide bonds. The molecule has 0 fully saturated rings. The van der Waals surface area contributed by atoms with E-state index >= 15 is 0 Å². The van der Waals surface area contributed by atoms with Gasteiger partial charge in [-0.1, -0.05) is 17.6 Å². The third kappa shape index (κ3) is 7.89. The van der Waals surface area contributed by atoms with E-state index in [4.69, 9.17) is 5.11 Å². The molecule has 2 nitrogen and oxygen atoms in total. The summed E-state index contributed by atoms with van der Waals surface area (Å²) in [5.74, 6) is 0. The van der Waals surface area contributed by atoms with Crippen molar-refractivity contribution in [2.45, 2.75) is 65.8 Å². The zero-order valence-electron chi connectivity index (χ0n) is 11.7. The number of unbranched alkanes of at least 4 members (excludes halogenated alkanes) is 2. The highest BCUT2D eigenvalue weighted by Crippen LogP contribution is 2.12. The van der Waals surface area contributed by atoms with Gasteiger partial charge in [0.2, 0.25) is 0 Å². The van der Waals surface area contributed by atoms with Crippen LogP contribution in [0.1, 0.15) is 60.3 Å². The van der Waals surface area contributed by atoms with E-state index in [1.165, 1.54) is 36.8 Å². The number of rotatable bonds is 8. The minimum atomic E-state index is -0.129. The van der Waals surface area contributed by atoms with E-state index in [1.807, 2.05) is 13.8 Å². The minimum absolute atomic E-state index is 0.129. The van der Waals surface area contributed by atoms with Crippen LogP contribution in [-0.4, -0.2) is 23.8 Å². The molecule has 0 spiro atoms. The van der Waals surface area contributed by atoms with Gasteiger partial charge in [-0.3, -0.25) is 0 Å². The highest BCUT2D eigenvalue weighted by atomic mass is 16.3. The lowest BCUT2D eigenvalue weighted by atomic mass is 10.0. The van der Waals surface area contributed by atoms with Gasteiger partial charge in [-0.15, -0.1) is 0 Å². The van der Waals surface area contributed by atoms with Crippen molar-refractivity contribution in [3.8, 4) is 0 Å². The highest BCUT2D eigenvalue weighted by molar-refractivity contribution is 5.06. The van der Waals surface area contributed by atoms with Crippen molar-refractivity contribution in [2.24, 2.45) is 0 Å². The summed E-state index contributed by atoms with van der Waals surface area (Å²) in [6, 6.07) is 0. The number of aliphatic hydroxyl groups is 1. The summed E-state index contributed by atoms with van der Waals surface area (Å²) in [4.78, 5) is 0. The van der Waals surface area contributed by atoms with Crippen LogP contribution in [0.25, 0.3) is 0 Å². The summed E-state index contributed by atoms with van der Waals surface area (Å²) in [5.41, 5.74) is 2.86. The zero-order valence-corrected chi connectivity index (χ0v) is 11.7. The van der Waals surface area contributed by atoms with Gasteiger partial charge in [0.05, 0.1) is 6.61 Å². The van der Waals surface area contributed by atoms with Gasteiger partial charge in [-0.05, 0) is 60.4 Å². The Morgan fingerprint density at radius 3 is 2.19 bits per heavy atom. The van der Waals surface area contributed by atoms with Gasteiger partial charge in [-0.25, -0.2) is 0 Å². The van der Waals surface area contributed by atoms with Gasteiger partial charge < -0.3 is 10.4 Å². The van der Waals surface area contributed by atoms with Crippen molar-refractivity contribution >= 4 is 0 Å². The van der Waals surface area contributed by atoms with Gasteiger partial charge in [0.1, 0.15) is 0 Å². The lowest BCUT2D eigenvalue weighted by Crippen LogP contribution is -2.43. The number of nitrogens with one attached hydrogen (secondary N) is 1. The highest BCUT2D eigenvalue weighted by Gasteiger charge is 2.13. The first-order chi connectivity index (χ1) is 7.39. The normalized spacial score (nSPS) is 11.6. The van der Waals surface area contributed by atoms with Gasteiger partial charge in [0.15, 0.2) is 0 Å². The molecular weight excluding hydrogens is 198 g/mol. The van der Waals surface area contributed by atoms with E-state index in [0.29, 0.717) is 0 Å². The van der Waals surface area contributed by atoms with E-state index in [2.05, 4.69) is 26.1 Å². The van der Waals surface area contributed by atoms with Crippen molar-refractivity contribution < 1.29 is 5.11 Å². The molecule has 0 aromatic rings. The number of hydrogen-bond acceptors (Lipinski definition) is 2. The molecule has 2 N–H and O–H groups in total. The molecular formula is C14H29NO. The Bertz CT molecular complexity index is 215. The largest absolute Gasteiger partial charge is 0.394 e. The van der Waals surface area contributed by atoms with Gasteiger partial charge >= 0.3 is 0 Å². The van der Waals surface area contributed by atoms with Crippen LogP contribution in [0.3, 0.4) is 0 Å². The van der Waals surface area contributed by atoms with E-state index < -0.39 is 0 Å². The Balaban J connectivity index is 3.46. The standard InChI is InChI=1S/C14H29NO/c1-12(2)13(3)9-7-6-8-10-15-14(4,5)11-16/h15-16H,6-11H2,1-5H3. The van der Waals surface area contributed by atoms with Gasteiger partial charge in [0.25, 0.3) is 0 Å². The first kappa shape index (κ1) is 15.7. The molecule has 16 heavy (non-hydrogen) atoms. The van der Waals surface area contributed by atoms with Gasteiger partial charge in [-0.2, -0.15) is 0 Å². The predicted octanol–water partition coefficient (Wildman–Crippen LogP) is 3.26. The summed E-state index contributed by atoms with van der Waals surface area (Å²) < 4.78 is 0. The molecule has 96 valence electrons. The summed E-state index contributed by atoms with van der Waals surface area (Å²) >= 11 is 0. The Morgan fingerprint density at radius 2 is 1.69 bits per heavy atom. The Kier molecular flexibility index (Phi) is 7.69. The predicted molar refractivity (Wildman–Crippen MR) is 71.7 cm³/mol. The summed E-state index contributed by atoms with van der Waals surface area (Å²) in [7, 11) is 0. The van der Waals surface area contributed by atoms with Crippen molar-refractivity contribution in [1.82, 2.24) is 5.32 Å². The lowest BCUT2D eigenvalue weighted by molar-refractivity contribution is 0.188. The Hall–Kier alpha value is -0.340. The Labute approximate surface area is 101 Å². The van der Waals surface area contributed by atoms with Gasteiger partial charge in [0, 0.05) is 5.54 Å². The van der Waals surface area contributed by atoms with Crippen molar-refractivity contribution in [3.63, 3.8) is 0 Å². The van der Waals surface area contributed by atoms with Crippen LogP contribution in [0.5, 0.6) is 0 Å². The summed E-state index contributed by atoms with van der Waals surface area (Å²) in [5, 5.41) is 12.4. The molecule has 0 aromatic carbocycles. The van der Waals surface area contributed by atoms with Crippen LogP contribution >= 0.6 is 0 Å². The molecule has 0 bridgehead atoms. The number of hydrogen-bond donors (Lipinski definition) is 2. The molecule has 0 atom stereocenters. The molecule has 0 heterocycles. The quantitative estimate of drug-likeness (QED) is 0.493. The second-order valence-corrected chi connectivity index (χ2v) is 5.56. The molecule has 0 aromatic heterocycles. The molecule has 0 unspecified atom stereocenters. The zero-order chi connectivity index (χ0) is 12.6. The van der Waals surface area contributed by atoms with E-state index in [-0.39, 0.29) is 12.1 Å². The second-order valence-electron chi connectivity index (χ2n) is 5.56. The third-order valence-corrected chi connectivity index (χ3v) is 3.08. The Morgan fingerprint density at radius 1 is 1.06 bits per heavy atom. The first-order valence-electron chi connectivity index (χ1n) is 6.38. The van der Waals surface area contributed by atoms with E-state index in [1.54, 1.807) is 0 Å². The topological polar surface area (TPSA) is 32.3 Å². The van der Waals surface area contributed by atoms with Crippen LogP contribution in [-0.2, 0) is 0 Å². The first-order valence-corrected chi connectivity index (χ1v) is 6.38. The molecule has 0 rings (SSSR count). The fraction of sp³-hybridized carbons (Fsp3) is 0.857. The lowest BCUT2D eigenvalue weighted by Gasteiger charge is -2.23. The van der Waals surface area contributed by atoms with Crippen LogP contribution < -0.4 is 5.32 Å². The smallest absolute Gasteiger partial charge is 0.0607 e. The molecule has 0 saturated heterocycles. The van der Waals surface area contributed by atoms with Crippen LogP contribution in [0.15, 0.2) is 11.1 Å². The molecule has 0 aliphatic heterocycles. The average Bonchev–Trinajstić information content (AvgIpc) is 2.22. The fourth-order valence-corrected chi connectivity index (χ4v) is 1.42. The van der Waals surface area contributed by atoms with Crippen molar-refractivity contribution in [2.75, 3.05) is 13.2 Å². The molecule has 2 heteroatoms. The number of aliphatic hydroxyl groups excluding tert-OH is 1. The van der Waals surface area contributed by atoms with Crippen LogP contribution in [0.4, 0.5) is 0 Å².